The van der Waals surface area contributed by atoms with E-state index in [1.165, 1.54) is 16.8 Å². The summed E-state index contributed by atoms with van der Waals surface area (Å²) >= 11 is 12.3. The highest BCUT2D eigenvalue weighted by Gasteiger charge is 2.22. The molecule has 0 fully saturated rings. The van der Waals surface area contributed by atoms with Crippen molar-refractivity contribution >= 4 is 28.8 Å². The number of rotatable bonds is 0. The number of aromatic nitrogens is 2. The Bertz CT molecular complexity index is 805. The molecule has 0 aliphatic heterocycles. The second-order valence-corrected chi connectivity index (χ2v) is 5.61. The molecule has 0 unspecified atom stereocenters. The van der Waals surface area contributed by atoms with Crippen LogP contribution in [-0.4, -0.2) is 9.38 Å². The SMILES string of the molecule is Clc1cc(Cl)c2nc3c(n2c1)CCc1ccccc1-3. The maximum Gasteiger partial charge on any atom is 0.156 e. The van der Waals surface area contributed by atoms with Crippen LogP contribution in [0.1, 0.15) is 11.3 Å². The molecule has 0 saturated heterocycles. The summed E-state index contributed by atoms with van der Waals surface area (Å²) in [6.45, 7) is 0. The quantitative estimate of drug-likeness (QED) is 0.599. The van der Waals surface area contributed by atoms with E-state index >= 15 is 0 Å². The Morgan fingerprint density at radius 3 is 2.84 bits per heavy atom. The zero-order valence-electron chi connectivity index (χ0n) is 10.0. The Morgan fingerprint density at radius 2 is 1.95 bits per heavy atom. The van der Waals surface area contributed by atoms with Crippen LogP contribution in [0.3, 0.4) is 0 Å². The van der Waals surface area contributed by atoms with Gasteiger partial charge in [-0.1, -0.05) is 47.5 Å². The van der Waals surface area contributed by atoms with Crippen LogP contribution >= 0.6 is 23.2 Å². The predicted molar refractivity (Wildman–Crippen MR) is 78.1 cm³/mol. The molecule has 0 bridgehead atoms. The molecule has 3 aromatic rings. The number of hydrogen-bond donors (Lipinski definition) is 0. The zero-order chi connectivity index (χ0) is 13.0. The molecule has 0 saturated carbocycles. The fourth-order valence-corrected chi connectivity index (χ4v) is 3.31. The molecule has 1 aromatic carbocycles. The van der Waals surface area contributed by atoms with Crippen molar-refractivity contribution < 1.29 is 0 Å². The van der Waals surface area contributed by atoms with Crippen LogP contribution in [0.4, 0.5) is 0 Å². The molecule has 0 atom stereocenters. The average Bonchev–Trinajstić information content (AvgIpc) is 2.78. The summed E-state index contributed by atoms with van der Waals surface area (Å²) in [5.41, 5.74) is 5.57. The van der Waals surface area contributed by atoms with E-state index in [9.17, 15) is 0 Å². The van der Waals surface area contributed by atoms with Crippen LogP contribution in [-0.2, 0) is 12.8 Å². The molecule has 0 radical (unpaired) electrons. The molecular weight excluding hydrogens is 279 g/mol. The Hall–Kier alpha value is -1.51. The highest BCUT2D eigenvalue weighted by Crippen LogP contribution is 2.35. The minimum absolute atomic E-state index is 0.597. The van der Waals surface area contributed by atoms with E-state index in [1.807, 2.05) is 16.7 Å². The monoisotopic (exact) mass is 288 g/mol. The third-order valence-electron chi connectivity index (χ3n) is 3.64. The first-order valence-corrected chi connectivity index (χ1v) is 6.94. The summed E-state index contributed by atoms with van der Waals surface area (Å²) in [5.74, 6) is 0. The first-order chi connectivity index (χ1) is 9.24. The van der Waals surface area contributed by atoms with Crippen LogP contribution in [0.2, 0.25) is 10.0 Å². The lowest BCUT2D eigenvalue weighted by atomic mass is 9.92. The number of imidazole rings is 1. The van der Waals surface area contributed by atoms with Crippen molar-refractivity contribution in [1.29, 1.82) is 0 Å². The zero-order valence-corrected chi connectivity index (χ0v) is 11.5. The van der Waals surface area contributed by atoms with E-state index in [4.69, 9.17) is 28.2 Å². The first-order valence-electron chi connectivity index (χ1n) is 6.18. The normalized spacial score (nSPS) is 13.4. The summed E-state index contributed by atoms with van der Waals surface area (Å²) in [4.78, 5) is 4.71. The number of aryl methyl sites for hydroxylation is 2. The second-order valence-electron chi connectivity index (χ2n) is 4.76. The van der Waals surface area contributed by atoms with Crippen LogP contribution in [0, 0.1) is 0 Å². The fourth-order valence-electron chi connectivity index (χ4n) is 2.80. The first kappa shape index (κ1) is 11.3. The minimum Gasteiger partial charge on any atom is -0.301 e. The van der Waals surface area contributed by atoms with Gasteiger partial charge in [0.15, 0.2) is 5.65 Å². The molecular formula is C15H10Cl2N2. The van der Waals surface area contributed by atoms with Gasteiger partial charge in [0.05, 0.1) is 21.4 Å². The van der Waals surface area contributed by atoms with Crippen molar-refractivity contribution in [3.8, 4) is 11.3 Å². The van der Waals surface area contributed by atoms with Gasteiger partial charge in [-0.25, -0.2) is 4.98 Å². The topological polar surface area (TPSA) is 17.3 Å². The maximum atomic E-state index is 6.24. The lowest BCUT2D eigenvalue weighted by molar-refractivity contribution is 0.881. The average molecular weight is 289 g/mol. The Labute approximate surface area is 120 Å². The molecule has 0 spiro atoms. The molecule has 2 heterocycles. The van der Waals surface area contributed by atoms with Gasteiger partial charge in [0.25, 0.3) is 0 Å². The van der Waals surface area contributed by atoms with Gasteiger partial charge in [0.1, 0.15) is 0 Å². The van der Waals surface area contributed by atoms with Crippen molar-refractivity contribution in [2.45, 2.75) is 12.8 Å². The summed E-state index contributed by atoms with van der Waals surface area (Å²) in [7, 11) is 0. The number of nitrogens with zero attached hydrogens (tertiary/aromatic N) is 2. The van der Waals surface area contributed by atoms with Crippen LogP contribution in [0.15, 0.2) is 36.5 Å². The maximum absolute atomic E-state index is 6.24. The van der Waals surface area contributed by atoms with Crippen LogP contribution < -0.4 is 0 Å². The largest absolute Gasteiger partial charge is 0.301 e. The van der Waals surface area contributed by atoms with Gasteiger partial charge in [-0.05, 0) is 24.5 Å². The third-order valence-corrected chi connectivity index (χ3v) is 4.13. The van der Waals surface area contributed by atoms with Crippen molar-refractivity contribution in [1.82, 2.24) is 9.38 Å². The highest BCUT2D eigenvalue weighted by atomic mass is 35.5. The Morgan fingerprint density at radius 1 is 1.11 bits per heavy atom. The van der Waals surface area contributed by atoms with E-state index < -0.39 is 0 Å². The van der Waals surface area contributed by atoms with E-state index in [1.54, 1.807) is 6.07 Å². The number of fused-ring (bicyclic) bond motifs is 5. The summed E-state index contributed by atoms with van der Waals surface area (Å²) < 4.78 is 2.02. The van der Waals surface area contributed by atoms with Crippen molar-refractivity contribution in [3.63, 3.8) is 0 Å². The molecule has 0 amide bonds. The van der Waals surface area contributed by atoms with E-state index in [2.05, 4.69) is 18.2 Å². The standard InChI is InChI=1S/C15H10Cl2N2/c16-10-7-12(17)15-18-14-11-4-2-1-3-9(11)5-6-13(14)19(15)8-10/h1-4,7-8H,5-6H2. The molecule has 0 N–H and O–H groups in total. The van der Waals surface area contributed by atoms with Crippen molar-refractivity contribution in [2.24, 2.45) is 0 Å². The molecule has 2 aromatic heterocycles. The molecule has 1 aliphatic rings. The minimum atomic E-state index is 0.597. The van der Waals surface area contributed by atoms with Crippen LogP contribution in [0.5, 0.6) is 0 Å². The fraction of sp³-hybridized carbons (Fsp3) is 0.133. The summed E-state index contributed by atoms with van der Waals surface area (Å²) in [6.07, 6.45) is 3.88. The van der Waals surface area contributed by atoms with Gasteiger partial charge in [0.2, 0.25) is 0 Å². The number of halogens is 2. The van der Waals surface area contributed by atoms with Crippen molar-refractivity contribution in [3.05, 3.63) is 57.8 Å². The molecule has 2 nitrogen and oxygen atoms in total. The van der Waals surface area contributed by atoms with E-state index in [-0.39, 0.29) is 0 Å². The molecule has 4 heteroatoms. The highest BCUT2D eigenvalue weighted by molar-refractivity contribution is 6.36. The third kappa shape index (κ3) is 1.60. The second kappa shape index (κ2) is 3.99. The Balaban J connectivity index is 2.11. The summed E-state index contributed by atoms with van der Waals surface area (Å²) in [6, 6.07) is 10.1. The van der Waals surface area contributed by atoms with Gasteiger partial charge in [0, 0.05) is 11.8 Å². The molecule has 94 valence electrons. The van der Waals surface area contributed by atoms with E-state index in [0.29, 0.717) is 10.0 Å². The van der Waals surface area contributed by atoms with Gasteiger partial charge in [-0.3, -0.25) is 0 Å². The van der Waals surface area contributed by atoms with Crippen molar-refractivity contribution in [2.75, 3.05) is 0 Å². The van der Waals surface area contributed by atoms with E-state index in [0.717, 1.165) is 24.2 Å². The van der Waals surface area contributed by atoms with Crippen LogP contribution in [0.25, 0.3) is 16.9 Å². The summed E-state index contributed by atoms with van der Waals surface area (Å²) in [5, 5.41) is 1.23. The molecule has 19 heavy (non-hydrogen) atoms. The smallest absolute Gasteiger partial charge is 0.156 e. The molecule has 1 aliphatic carbocycles. The number of pyridine rings is 1. The lowest BCUT2D eigenvalue weighted by Gasteiger charge is -2.15. The predicted octanol–water partition coefficient (Wildman–Crippen LogP) is 4.41. The van der Waals surface area contributed by atoms with Gasteiger partial charge in [-0.2, -0.15) is 0 Å². The Kier molecular flexibility index (Phi) is 2.38. The molecule has 4 rings (SSSR count). The number of hydrogen-bond acceptors (Lipinski definition) is 1. The lowest BCUT2D eigenvalue weighted by Crippen LogP contribution is -2.05. The van der Waals surface area contributed by atoms with Gasteiger partial charge in [-0.15, -0.1) is 0 Å². The van der Waals surface area contributed by atoms with Gasteiger partial charge < -0.3 is 4.40 Å². The number of benzene rings is 1. The van der Waals surface area contributed by atoms with Gasteiger partial charge >= 0.3 is 0 Å².